The summed E-state index contributed by atoms with van der Waals surface area (Å²) in [6, 6.07) is 20.9. The molecule has 0 unspecified atom stereocenters. The fourth-order valence-electron chi connectivity index (χ4n) is 2.24. The Hall–Kier alpha value is -1.46. The molecular weight excluding hydrogens is 251 g/mol. The van der Waals surface area contributed by atoms with Gasteiger partial charge in [-0.25, -0.2) is 0 Å². The molecule has 1 nitrogen and oxygen atoms in total. The number of ketones is 1. The smallest absolute Gasteiger partial charge is 0.140 e. The molecule has 1 aliphatic rings. The highest BCUT2D eigenvalue weighted by molar-refractivity contribution is 7.73. The van der Waals surface area contributed by atoms with Gasteiger partial charge in [0.15, 0.2) is 0 Å². The quantitative estimate of drug-likeness (QED) is 0.762. The number of hydrogen-bond acceptors (Lipinski definition) is 1. The van der Waals surface area contributed by atoms with Crippen LogP contribution in [-0.4, -0.2) is 11.9 Å². The molecule has 2 aromatic rings. The molecule has 0 atom stereocenters. The van der Waals surface area contributed by atoms with Crippen molar-refractivity contribution >= 4 is 24.3 Å². The molecule has 0 bridgehead atoms. The molecule has 1 saturated carbocycles. The van der Waals surface area contributed by atoms with Gasteiger partial charge in [-0.15, -0.1) is 0 Å². The molecule has 3 rings (SSSR count). The average molecular weight is 268 g/mol. The Labute approximate surface area is 115 Å². The molecule has 96 valence electrons. The van der Waals surface area contributed by atoms with Crippen molar-refractivity contribution < 1.29 is 4.79 Å². The molecule has 2 aromatic carbocycles. The monoisotopic (exact) mass is 268 g/mol. The second-order valence-corrected chi connectivity index (χ2v) is 7.20. The Morgan fingerprint density at radius 2 is 1.37 bits per heavy atom. The van der Waals surface area contributed by atoms with Gasteiger partial charge in [0.25, 0.3) is 0 Å². The van der Waals surface area contributed by atoms with Gasteiger partial charge in [-0.2, -0.15) is 0 Å². The predicted molar refractivity (Wildman–Crippen MR) is 81.7 cm³/mol. The lowest BCUT2D eigenvalue weighted by Gasteiger charge is -2.17. The van der Waals surface area contributed by atoms with E-state index in [1.807, 2.05) is 12.1 Å². The summed E-state index contributed by atoms with van der Waals surface area (Å²) >= 11 is 0. The lowest BCUT2D eigenvalue weighted by molar-refractivity contribution is -0.117. The molecule has 0 aliphatic heterocycles. The molecule has 0 heterocycles. The van der Waals surface area contributed by atoms with Gasteiger partial charge in [0.05, 0.1) is 0 Å². The maximum Gasteiger partial charge on any atom is 0.140 e. The fourth-order valence-corrected chi connectivity index (χ4v) is 4.53. The van der Waals surface area contributed by atoms with Gasteiger partial charge in [0.1, 0.15) is 5.78 Å². The maximum atomic E-state index is 12.2. The van der Waals surface area contributed by atoms with Gasteiger partial charge < -0.3 is 0 Å². The number of hydrogen-bond donors (Lipinski definition) is 0. The standard InChI is InChI=1S/C17H17OP/c18-17(14-11-12-14)13-19(15-7-3-1-4-8-15)16-9-5-2-6-10-16/h1-10,14H,11-13H2. The summed E-state index contributed by atoms with van der Waals surface area (Å²) in [5.74, 6) is 0.816. The van der Waals surface area contributed by atoms with E-state index in [0.29, 0.717) is 17.9 Å². The van der Waals surface area contributed by atoms with Gasteiger partial charge in [-0.1, -0.05) is 60.7 Å². The van der Waals surface area contributed by atoms with E-state index in [1.165, 1.54) is 10.6 Å². The molecule has 1 fully saturated rings. The first kappa shape index (κ1) is 12.6. The van der Waals surface area contributed by atoms with Crippen molar-refractivity contribution in [2.45, 2.75) is 12.8 Å². The second-order valence-electron chi connectivity index (χ2n) is 5.00. The minimum atomic E-state index is -0.532. The molecule has 0 spiro atoms. The van der Waals surface area contributed by atoms with Crippen LogP contribution in [0.2, 0.25) is 0 Å². The highest BCUT2D eigenvalue weighted by atomic mass is 31.1. The molecule has 0 radical (unpaired) electrons. The minimum absolute atomic E-state index is 0.359. The first-order valence-electron chi connectivity index (χ1n) is 6.75. The lowest BCUT2D eigenvalue weighted by Crippen LogP contribution is -2.19. The summed E-state index contributed by atoms with van der Waals surface area (Å²) in [6.07, 6.45) is 2.91. The molecule has 0 N–H and O–H groups in total. The Morgan fingerprint density at radius 3 is 1.79 bits per heavy atom. The largest absolute Gasteiger partial charge is 0.299 e. The highest BCUT2D eigenvalue weighted by Crippen LogP contribution is 2.38. The summed E-state index contributed by atoms with van der Waals surface area (Å²) in [5, 5.41) is 2.61. The van der Waals surface area contributed by atoms with Crippen molar-refractivity contribution in [3.05, 3.63) is 60.7 Å². The van der Waals surface area contributed by atoms with E-state index in [2.05, 4.69) is 48.5 Å². The van der Waals surface area contributed by atoms with Crippen molar-refractivity contribution in [3.63, 3.8) is 0 Å². The van der Waals surface area contributed by atoms with E-state index in [-0.39, 0.29) is 0 Å². The summed E-state index contributed by atoms with van der Waals surface area (Å²) < 4.78 is 0. The van der Waals surface area contributed by atoms with Crippen LogP contribution in [0.1, 0.15) is 12.8 Å². The summed E-state index contributed by atoms with van der Waals surface area (Å²) in [6.45, 7) is 0. The fraction of sp³-hybridized carbons (Fsp3) is 0.235. The van der Waals surface area contributed by atoms with E-state index < -0.39 is 7.92 Å². The van der Waals surface area contributed by atoms with Gasteiger partial charge in [0.2, 0.25) is 0 Å². The molecule has 0 saturated heterocycles. The van der Waals surface area contributed by atoms with Gasteiger partial charge in [-0.3, -0.25) is 4.79 Å². The van der Waals surface area contributed by atoms with Crippen LogP contribution in [0.25, 0.3) is 0 Å². The Morgan fingerprint density at radius 1 is 0.895 bits per heavy atom. The molecule has 19 heavy (non-hydrogen) atoms. The minimum Gasteiger partial charge on any atom is -0.299 e. The van der Waals surface area contributed by atoms with Crippen molar-refractivity contribution in [3.8, 4) is 0 Å². The van der Waals surface area contributed by atoms with Crippen molar-refractivity contribution in [2.75, 3.05) is 6.16 Å². The van der Waals surface area contributed by atoms with Crippen LogP contribution in [0.4, 0.5) is 0 Å². The molecule has 1 aliphatic carbocycles. The normalized spacial score (nSPS) is 14.6. The molecule has 0 amide bonds. The molecular formula is C17H17OP. The first-order chi connectivity index (χ1) is 9.34. The lowest BCUT2D eigenvalue weighted by atomic mass is 10.3. The average Bonchev–Trinajstić information content (AvgIpc) is 3.31. The zero-order valence-corrected chi connectivity index (χ0v) is 11.7. The summed E-state index contributed by atoms with van der Waals surface area (Å²) in [7, 11) is -0.532. The summed E-state index contributed by atoms with van der Waals surface area (Å²) in [4.78, 5) is 12.2. The number of carbonyl (C=O) groups excluding carboxylic acids is 1. The molecule has 0 aromatic heterocycles. The number of benzene rings is 2. The van der Waals surface area contributed by atoms with Crippen molar-refractivity contribution in [1.82, 2.24) is 0 Å². The van der Waals surface area contributed by atoms with Gasteiger partial charge >= 0.3 is 0 Å². The van der Waals surface area contributed by atoms with Crippen molar-refractivity contribution in [2.24, 2.45) is 5.92 Å². The van der Waals surface area contributed by atoms with Crippen molar-refractivity contribution in [1.29, 1.82) is 0 Å². The van der Waals surface area contributed by atoms with Crippen LogP contribution in [0.3, 0.4) is 0 Å². The zero-order valence-electron chi connectivity index (χ0n) is 10.8. The number of rotatable bonds is 5. The first-order valence-corrected chi connectivity index (χ1v) is 8.27. The third kappa shape index (κ3) is 3.11. The van der Waals surface area contributed by atoms with Crippen LogP contribution < -0.4 is 10.6 Å². The molecule has 2 heteroatoms. The van der Waals surface area contributed by atoms with E-state index in [4.69, 9.17) is 0 Å². The SMILES string of the molecule is O=C(CP(c1ccccc1)c1ccccc1)C1CC1. The summed E-state index contributed by atoms with van der Waals surface area (Å²) in [5.41, 5.74) is 0. The van der Waals surface area contributed by atoms with Gasteiger partial charge in [-0.05, 0) is 31.4 Å². The van der Waals surface area contributed by atoms with Crippen LogP contribution in [-0.2, 0) is 4.79 Å². The zero-order chi connectivity index (χ0) is 13.1. The Kier molecular flexibility index (Phi) is 3.75. The van der Waals surface area contributed by atoms with E-state index in [9.17, 15) is 4.79 Å². The van der Waals surface area contributed by atoms with Crippen LogP contribution in [0, 0.1) is 5.92 Å². The number of Topliss-reactive ketones (excluding diaryl/α,β-unsaturated/α-hetero) is 1. The third-order valence-corrected chi connectivity index (χ3v) is 5.95. The van der Waals surface area contributed by atoms with Crippen LogP contribution >= 0.6 is 7.92 Å². The van der Waals surface area contributed by atoms with E-state index in [0.717, 1.165) is 12.8 Å². The van der Waals surface area contributed by atoms with Crippen LogP contribution in [0.15, 0.2) is 60.7 Å². The third-order valence-electron chi connectivity index (χ3n) is 3.48. The van der Waals surface area contributed by atoms with E-state index in [1.54, 1.807) is 0 Å². The second kappa shape index (κ2) is 5.67. The highest BCUT2D eigenvalue weighted by Gasteiger charge is 2.31. The topological polar surface area (TPSA) is 17.1 Å². The van der Waals surface area contributed by atoms with E-state index >= 15 is 0 Å². The maximum absolute atomic E-state index is 12.2. The van der Waals surface area contributed by atoms with Gasteiger partial charge in [0, 0.05) is 12.1 Å². The number of carbonyl (C=O) groups is 1. The predicted octanol–water partition coefficient (Wildman–Crippen LogP) is 3.10. The van der Waals surface area contributed by atoms with Crippen LogP contribution in [0.5, 0.6) is 0 Å². The Bertz CT molecular complexity index is 506. The Balaban J connectivity index is 1.89.